The zero-order chi connectivity index (χ0) is 19.6. The largest absolute Gasteiger partial charge is 0.293 e. The van der Waals surface area contributed by atoms with E-state index in [1.807, 2.05) is 30.3 Å². The summed E-state index contributed by atoms with van der Waals surface area (Å²) < 4.78 is 28.8. The van der Waals surface area contributed by atoms with E-state index >= 15 is 0 Å². The molecule has 8 nitrogen and oxygen atoms in total. The first kappa shape index (κ1) is 19.0. The molecule has 1 aliphatic rings. The Morgan fingerprint density at radius 1 is 0.964 bits per heavy atom. The highest BCUT2D eigenvalue weighted by Crippen LogP contribution is 2.21. The van der Waals surface area contributed by atoms with Crippen LogP contribution in [0.2, 0.25) is 5.02 Å². The normalized spacial score (nSPS) is 16.3. The minimum atomic E-state index is -3.54. The van der Waals surface area contributed by atoms with Gasteiger partial charge in [0.25, 0.3) is 0 Å². The van der Waals surface area contributed by atoms with Crippen LogP contribution in [0.4, 0.5) is 0 Å². The number of para-hydroxylation sites is 1. The number of tetrazole rings is 1. The Bertz CT molecular complexity index is 1050. The topological polar surface area (TPSA) is 84.2 Å². The van der Waals surface area contributed by atoms with Gasteiger partial charge in [-0.05, 0) is 40.8 Å². The lowest BCUT2D eigenvalue weighted by Crippen LogP contribution is -2.48. The number of hydrogen-bond donors (Lipinski definition) is 0. The summed E-state index contributed by atoms with van der Waals surface area (Å²) in [6.45, 7) is 2.55. The Labute approximate surface area is 168 Å². The van der Waals surface area contributed by atoms with Gasteiger partial charge in [0, 0.05) is 31.2 Å². The minimum Gasteiger partial charge on any atom is -0.293 e. The van der Waals surface area contributed by atoms with Gasteiger partial charge in [-0.2, -0.15) is 8.99 Å². The van der Waals surface area contributed by atoms with Crippen LogP contribution in [-0.2, 0) is 16.6 Å². The van der Waals surface area contributed by atoms with Crippen LogP contribution in [0.5, 0.6) is 0 Å². The van der Waals surface area contributed by atoms with Gasteiger partial charge in [-0.25, -0.2) is 8.42 Å². The predicted molar refractivity (Wildman–Crippen MR) is 105 cm³/mol. The number of hydrogen-bond acceptors (Lipinski definition) is 6. The number of nitrogens with zero attached hydrogens (tertiary/aromatic N) is 6. The molecular weight excluding hydrogens is 400 g/mol. The zero-order valence-electron chi connectivity index (χ0n) is 15.0. The molecule has 4 rings (SSSR count). The van der Waals surface area contributed by atoms with E-state index in [0.29, 0.717) is 37.7 Å². The molecule has 28 heavy (non-hydrogen) atoms. The van der Waals surface area contributed by atoms with E-state index in [4.69, 9.17) is 11.6 Å². The van der Waals surface area contributed by atoms with Crippen molar-refractivity contribution in [1.29, 1.82) is 0 Å². The monoisotopic (exact) mass is 418 g/mol. The Morgan fingerprint density at radius 3 is 2.43 bits per heavy atom. The fourth-order valence-corrected chi connectivity index (χ4v) is 4.90. The summed E-state index contributed by atoms with van der Waals surface area (Å²) in [6, 6.07) is 16.0. The summed E-state index contributed by atoms with van der Waals surface area (Å²) in [7, 11) is -3.54. The van der Waals surface area contributed by atoms with E-state index in [9.17, 15) is 8.42 Å². The zero-order valence-corrected chi connectivity index (χ0v) is 16.6. The van der Waals surface area contributed by atoms with Gasteiger partial charge in [0.2, 0.25) is 10.0 Å². The Hall–Kier alpha value is -2.33. The average molecular weight is 419 g/mol. The maximum absolute atomic E-state index is 12.8. The lowest BCUT2D eigenvalue weighted by Gasteiger charge is -2.33. The summed E-state index contributed by atoms with van der Waals surface area (Å²) in [5.41, 5.74) is 0.893. The van der Waals surface area contributed by atoms with Gasteiger partial charge in [0.1, 0.15) is 0 Å². The number of aromatic nitrogens is 4. The van der Waals surface area contributed by atoms with Crippen LogP contribution < -0.4 is 0 Å². The molecule has 1 fully saturated rings. The molecule has 0 N–H and O–H groups in total. The van der Waals surface area contributed by atoms with E-state index in [-0.39, 0.29) is 4.90 Å². The molecule has 0 atom stereocenters. The molecule has 2 heterocycles. The molecular formula is C18H19ClN6O2S. The standard InChI is InChI=1S/C18H19ClN6O2S/c19-15-5-4-8-17(13-15)28(26,27)24-11-9-23(10-12-24)14-18-20-21-22-25(18)16-6-2-1-3-7-16/h1-8,13H,9-12,14H2. The number of benzene rings is 2. The summed E-state index contributed by atoms with van der Waals surface area (Å²) in [6.07, 6.45) is 0. The maximum atomic E-state index is 12.8. The fraction of sp³-hybridized carbons (Fsp3) is 0.278. The van der Waals surface area contributed by atoms with Crippen molar-refractivity contribution in [2.75, 3.05) is 26.2 Å². The first-order chi connectivity index (χ1) is 13.5. The number of piperazine rings is 1. The molecule has 10 heteroatoms. The highest BCUT2D eigenvalue weighted by Gasteiger charge is 2.29. The molecule has 1 saturated heterocycles. The quantitative estimate of drug-likeness (QED) is 0.628. The number of sulfonamides is 1. The van der Waals surface area contributed by atoms with Gasteiger partial charge >= 0.3 is 0 Å². The average Bonchev–Trinajstić information content (AvgIpc) is 3.17. The predicted octanol–water partition coefficient (Wildman–Crippen LogP) is 1.82. The van der Waals surface area contributed by atoms with Crippen molar-refractivity contribution in [3.05, 3.63) is 65.4 Å². The molecule has 0 aliphatic carbocycles. The number of halogens is 1. The summed E-state index contributed by atoms with van der Waals surface area (Å²) in [5, 5.41) is 12.4. The highest BCUT2D eigenvalue weighted by atomic mass is 35.5. The molecule has 1 aromatic heterocycles. The lowest BCUT2D eigenvalue weighted by atomic mass is 10.3. The van der Waals surface area contributed by atoms with Crippen molar-refractivity contribution in [1.82, 2.24) is 29.4 Å². The number of rotatable bonds is 5. The van der Waals surface area contributed by atoms with E-state index in [1.165, 1.54) is 10.4 Å². The molecule has 3 aromatic rings. The Morgan fingerprint density at radius 2 is 1.71 bits per heavy atom. The van der Waals surface area contributed by atoms with Gasteiger partial charge in [-0.15, -0.1) is 5.10 Å². The minimum absolute atomic E-state index is 0.224. The molecule has 1 aliphatic heterocycles. The molecule has 0 amide bonds. The molecule has 0 radical (unpaired) electrons. The summed E-state index contributed by atoms with van der Waals surface area (Å²) in [4.78, 5) is 2.37. The molecule has 0 unspecified atom stereocenters. The van der Waals surface area contributed by atoms with Gasteiger partial charge in [0.15, 0.2) is 5.82 Å². The van der Waals surface area contributed by atoms with Crippen molar-refractivity contribution in [3.63, 3.8) is 0 Å². The first-order valence-electron chi connectivity index (χ1n) is 8.85. The molecule has 146 valence electrons. The second kappa shape index (κ2) is 7.96. The third-order valence-electron chi connectivity index (χ3n) is 4.66. The van der Waals surface area contributed by atoms with Crippen molar-refractivity contribution in [2.45, 2.75) is 11.4 Å². The lowest BCUT2D eigenvalue weighted by molar-refractivity contribution is 0.177. The Kier molecular flexibility index (Phi) is 5.40. The van der Waals surface area contributed by atoms with Gasteiger partial charge < -0.3 is 0 Å². The van der Waals surface area contributed by atoms with Crippen LogP contribution in [0.3, 0.4) is 0 Å². The van der Waals surface area contributed by atoms with Crippen LogP contribution in [-0.4, -0.2) is 64.0 Å². The van der Waals surface area contributed by atoms with Crippen molar-refractivity contribution in [2.24, 2.45) is 0 Å². The Balaban J connectivity index is 1.42. The van der Waals surface area contributed by atoms with E-state index in [1.54, 1.807) is 22.9 Å². The van der Waals surface area contributed by atoms with Gasteiger partial charge in [0.05, 0.1) is 17.1 Å². The van der Waals surface area contributed by atoms with Crippen LogP contribution in [0.1, 0.15) is 5.82 Å². The third kappa shape index (κ3) is 3.93. The van der Waals surface area contributed by atoms with Crippen LogP contribution in [0.15, 0.2) is 59.5 Å². The van der Waals surface area contributed by atoms with Crippen molar-refractivity contribution in [3.8, 4) is 5.69 Å². The highest BCUT2D eigenvalue weighted by molar-refractivity contribution is 7.89. The molecule has 0 spiro atoms. The second-order valence-electron chi connectivity index (χ2n) is 6.48. The van der Waals surface area contributed by atoms with E-state index in [2.05, 4.69) is 20.4 Å². The van der Waals surface area contributed by atoms with E-state index < -0.39 is 10.0 Å². The van der Waals surface area contributed by atoms with Crippen LogP contribution in [0, 0.1) is 0 Å². The van der Waals surface area contributed by atoms with Crippen LogP contribution >= 0.6 is 11.6 Å². The summed E-state index contributed by atoms with van der Waals surface area (Å²) >= 11 is 5.95. The second-order valence-corrected chi connectivity index (χ2v) is 8.85. The van der Waals surface area contributed by atoms with Crippen molar-refractivity contribution >= 4 is 21.6 Å². The summed E-state index contributed by atoms with van der Waals surface area (Å²) in [5.74, 6) is 0.720. The van der Waals surface area contributed by atoms with Gasteiger partial charge in [-0.1, -0.05) is 35.9 Å². The molecule has 0 saturated carbocycles. The molecule has 2 aromatic carbocycles. The van der Waals surface area contributed by atoms with Crippen LogP contribution in [0.25, 0.3) is 5.69 Å². The van der Waals surface area contributed by atoms with Gasteiger partial charge in [-0.3, -0.25) is 4.90 Å². The van der Waals surface area contributed by atoms with Crippen molar-refractivity contribution < 1.29 is 8.42 Å². The van der Waals surface area contributed by atoms with E-state index in [0.717, 1.165) is 11.5 Å². The fourth-order valence-electron chi connectivity index (χ4n) is 3.18. The molecule has 0 bridgehead atoms. The SMILES string of the molecule is O=S(=O)(c1cccc(Cl)c1)N1CCN(Cc2nnnn2-c2ccccc2)CC1. The maximum Gasteiger partial charge on any atom is 0.243 e. The third-order valence-corrected chi connectivity index (χ3v) is 6.79. The smallest absolute Gasteiger partial charge is 0.243 e. The first-order valence-corrected chi connectivity index (χ1v) is 10.7.